The second-order valence-electron chi connectivity index (χ2n) is 5.85. The summed E-state index contributed by atoms with van der Waals surface area (Å²) in [5.74, 6) is -0.808. The van der Waals surface area contributed by atoms with Gasteiger partial charge in [-0.1, -0.05) is 18.2 Å². The Hall–Kier alpha value is -3.22. The fourth-order valence-corrected chi connectivity index (χ4v) is 2.72. The van der Waals surface area contributed by atoms with Gasteiger partial charge in [0.2, 0.25) is 0 Å². The molecular weight excluding hydrogens is 322 g/mol. The van der Waals surface area contributed by atoms with E-state index in [1.807, 2.05) is 0 Å². The first-order valence-electron chi connectivity index (χ1n) is 7.68. The maximum Gasteiger partial charge on any atom is 0.337 e. The molecule has 1 aliphatic rings. The van der Waals surface area contributed by atoms with Gasteiger partial charge >= 0.3 is 12.0 Å². The van der Waals surface area contributed by atoms with Gasteiger partial charge < -0.3 is 10.1 Å². The predicted molar refractivity (Wildman–Crippen MR) is 88.5 cm³/mol. The highest BCUT2D eigenvalue weighted by Gasteiger charge is 2.49. The van der Waals surface area contributed by atoms with Crippen LogP contribution in [0.25, 0.3) is 0 Å². The maximum absolute atomic E-state index is 12.8. The minimum absolute atomic E-state index is 0.106. The topological polar surface area (TPSA) is 88.6 Å². The van der Waals surface area contributed by atoms with E-state index in [-0.39, 0.29) is 12.5 Å². The number of benzene rings is 1. The molecule has 7 nitrogen and oxygen atoms in total. The van der Waals surface area contributed by atoms with Crippen molar-refractivity contribution in [1.82, 2.24) is 15.2 Å². The SMILES string of the molecule is COC(=O)c1ccc(CN2C(=O)NC(C)(c3ccccn3)C2=O)cc1. The molecule has 1 atom stereocenters. The van der Waals surface area contributed by atoms with Crippen molar-refractivity contribution >= 4 is 17.9 Å². The van der Waals surface area contributed by atoms with Gasteiger partial charge in [-0.25, -0.2) is 9.59 Å². The molecule has 2 aromatic rings. The highest BCUT2D eigenvalue weighted by molar-refractivity contribution is 6.06. The lowest BCUT2D eigenvalue weighted by Gasteiger charge is -2.21. The second kappa shape index (κ2) is 6.35. The number of ether oxygens (including phenoxy) is 1. The van der Waals surface area contributed by atoms with E-state index in [0.717, 1.165) is 10.5 Å². The van der Waals surface area contributed by atoms with Crippen molar-refractivity contribution in [3.05, 3.63) is 65.5 Å². The molecule has 3 amide bonds. The third-order valence-electron chi connectivity index (χ3n) is 4.17. The molecule has 1 fully saturated rings. The molecule has 0 aliphatic carbocycles. The second-order valence-corrected chi connectivity index (χ2v) is 5.85. The van der Waals surface area contributed by atoms with Crippen LogP contribution in [0.3, 0.4) is 0 Å². The minimum atomic E-state index is -1.19. The lowest BCUT2D eigenvalue weighted by molar-refractivity contribution is -0.131. The molecule has 25 heavy (non-hydrogen) atoms. The number of aromatic nitrogens is 1. The number of hydrogen-bond acceptors (Lipinski definition) is 5. The van der Waals surface area contributed by atoms with Crippen molar-refractivity contribution in [2.24, 2.45) is 0 Å². The number of urea groups is 1. The number of carbonyl (C=O) groups excluding carboxylic acids is 3. The first kappa shape index (κ1) is 16.6. The number of hydrogen-bond donors (Lipinski definition) is 1. The van der Waals surface area contributed by atoms with Gasteiger partial charge in [0.25, 0.3) is 5.91 Å². The standard InChI is InChI=1S/C18H17N3O4/c1-18(14-5-3-4-10-19-14)16(23)21(17(24)20-18)11-12-6-8-13(9-7-12)15(22)25-2/h3-10H,11H2,1-2H3,(H,20,24). The first-order chi connectivity index (χ1) is 12.0. The van der Waals surface area contributed by atoms with Crippen LogP contribution in [0.15, 0.2) is 48.7 Å². The zero-order chi connectivity index (χ0) is 18.0. The summed E-state index contributed by atoms with van der Waals surface area (Å²) in [5.41, 5.74) is 0.421. The van der Waals surface area contributed by atoms with Crippen molar-refractivity contribution in [3.63, 3.8) is 0 Å². The summed E-state index contributed by atoms with van der Waals surface area (Å²) >= 11 is 0. The van der Waals surface area contributed by atoms with Crippen LogP contribution >= 0.6 is 0 Å². The number of amides is 3. The Kier molecular flexibility index (Phi) is 4.22. The summed E-state index contributed by atoms with van der Waals surface area (Å²) in [4.78, 5) is 41.9. The summed E-state index contributed by atoms with van der Waals surface area (Å²) in [6.07, 6.45) is 1.58. The number of esters is 1. The van der Waals surface area contributed by atoms with E-state index in [1.165, 1.54) is 7.11 Å². The van der Waals surface area contributed by atoms with E-state index in [4.69, 9.17) is 0 Å². The van der Waals surface area contributed by atoms with E-state index >= 15 is 0 Å². The van der Waals surface area contributed by atoms with Crippen molar-refractivity contribution in [3.8, 4) is 0 Å². The van der Waals surface area contributed by atoms with Crippen molar-refractivity contribution < 1.29 is 19.1 Å². The predicted octanol–water partition coefficient (Wildman–Crippen LogP) is 1.84. The van der Waals surface area contributed by atoms with Crippen LogP contribution in [0.1, 0.15) is 28.5 Å². The van der Waals surface area contributed by atoms with E-state index in [0.29, 0.717) is 11.3 Å². The fraction of sp³-hybridized carbons (Fsp3) is 0.222. The molecule has 0 spiro atoms. The number of nitrogens with one attached hydrogen (secondary N) is 1. The Morgan fingerprint density at radius 3 is 2.52 bits per heavy atom. The lowest BCUT2D eigenvalue weighted by Crippen LogP contribution is -2.41. The van der Waals surface area contributed by atoms with Crippen LogP contribution in [0.2, 0.25) is 0 Å². The molecule has 7 heteroatoms. The number of carbonyl (C=O) groups is 3. The molecule has 0 radical (unpaired) electrons. The maximum atomic E-state index is 12.8. The highest BCUT2D eigenvalue weighted by atomic mass is 16.5. The molecule has 2 heterocycles. The Morgan fingerprint density at radius 1 is 1.20 bits per heavy atom. The van der Waals surface area contributed by atoms with Crippen molar-refractivity contribution in [2.75, 3.05) is 7.11 Å². The molecule has 3 rings (SSSR count). The van der Waals surface area contributed by atoms with Crippen molar-refractivity contribution in [2.45, 2.75) is 19.0 Å². The minimum Gasteiger partial charge on any atom is -0.465 e. The Labute approximate surface area is 144 Å². The Balaban J connectivity index is 1.81. The summed E-state index contributed by atoms with van der Waals surface area (Å²) in [6.45, 7) is 1.74. The van der Waals surface area contributed by atoms with Crippen LogP contribution in [0.5, 0.6) is 0 Å². The van der Waals surface area contributed by atoms with Gasteiger partial charge in [-0.15, -0.1) is 0 Å². The third kappa shape index (κ3) is 2.96. The van der Waals surface area contributed by atoms with Gasteiger partial charge in [0.15, 0.2) is 5.54 Å². The van der Waals surface area contributed by atoms with E-state index in [9.17, 15) is 14.4 Å². The average molecular weight is 339 g/mol. The van der Waals surface area contributed by atoms with Gasteiger partial charge in [0.1, 0.15) is 0 Å². The van der Waals surface area contributed by atoms with Gasteiger partial charge in [-0.05, 0) is 36.8 Å². The molecule has 0 saturated carbocycles. The summed E-state index contributed by atoms with van der Waals surface area (Å²) in [7, 11) is 1.31. The van der Waals surface area contributed by atoms with Gasteiger partial charge in [0, 0.05) is 6.20 Å². The zero-order valence-corrected chi connectivity index (χ0v) is 13.9. The van der Waals surface area contributed by atoms with Crippen LogP contribution in [0, 0.1) is 0 Å². The van der Waals surface area contributed by atoms with E-state index in [1.54, 1.807) is 55.6 Å². The van der Waals surface area contributed by atoms with Crippen LogP contribution < -0.4 is 5.32 Å². The van der Waals surface area contributed by atoms with Gasteiger partial charge in [0.05, 0.1) is 24.9 Å². The number of pyridine rings is 1. The highest BCUT2D eigenvalue weighted by Crippen LogP contribution is 2.28. The molecule has 1 aromatic carbocycles. The normalized spacial score (nSPS) is 19.7. The molecule has 0 bridgehead atoms. The number of methoxy groups -OCH3 is 1. The van der Waals surface area contributed by atoms with Crippen LogP contribution in [-0.4, -0.2) is 34.9 Å². The van der Waals surface area contributed by atoms with Crippen LogP contribution in [-0.2, 0) is 21.6 Å². The van der Waals surface area contributed by atoms with E-state index < -0.39 is 17.5 Å². The Bertz CT molecular complexity index is 820. The van der Waals surface area contributed by atoms with Crippen LogP contribution in [0.4, 0.5) is 4.79 Å². The molecule has 1 unspecified atom stereocenters. The number of imide groups is 1. The molecule has 128 valence electrons. The molecule has 1 saturated heterocycles. The summed E-state index contributed by atoms with van der Waals surface area (Å²) in [6, 6.07) is 11.3. The zero-order valence-electron chi connectivity index (χ0n) is 13.9. The summed E-state index contributed by atoms with van der Waals surface area (Å²) < 4.78 is 4.65. The average Bonchev–Trinajstić information content (AvgIpc) is 2.86. The quantitative estimate of drug-likeness (QED) is 0.678. The fourth-order valence-electron chi connectivity index (χ4n) is 2.72. The summed E-state index contributed by atoms with van der Waals surface area (Å²) in [5, 5.41) is 2.71. The molecule has 1 aromatic heterocycles. The van der Waals surface area contributed by atoms with Gasteiger partial charge in [-0.2, -0.15) is 0 Å². The Morgan fingerprint density at radius 2 is 1.92 bits per heavy atom. The monoisotopic (exact) mass is 339 g/mol. The van der Waals surface area contributed by atoms with Gasteiger partial charge in [-0.3, -0.25) is 14.7 Å². The lowest BCUT2D eigenvalue weighted by atomic mass is 9.97. The van der Waals surface area contributed by atoms with Crippen molar-refractivity contribution in [1.29, 1.82) is 0 Å². The molecule has 1 aliphatic heterocycles. The third-order valence-corrected chi connectivity index (χ3v) is 4.17. The largest absolute Gasteiger partial charge is 0.465 e. The molecule has 1 N–H and O–H groups in total. The first-order valence-corrected chi connectivity index (χ1v) is 7.68. The smallest absolute Gasteiger partial charge is 0.337 e. The molecular formula is C18H17N3O4. The number of rotatable bonds is 4. The van der Waals surface area contributed by atoms with E-state index in [2.05, 4.69) is 15.0 Å². The number of nitrogens with zero attached hydrogens (tertiary/aromatic N) is 2.